The third kappa shape index (κ3) is 3.84. The van der Waals surface area contributed by atoms with Crippen molar-refractivity contribution in [3.8, 4) is 0 Å². The van der Waals surface area contributed by atoms with Crippen molar-refractivity contribution in [1.29, 1.82) is 0 Å². The van der Waals surface area contributed by atoms with Crippen LogP contribution < -0.4 is 5.32 Å². The van der Waals surface area contributed by atoms with Crippen molar-refractivity contribution in [1.82, 2.24) is 5.32 Å². The zero-order valence-corrected chi connectivity index (χ0v) is 10.7. The number of hydrogen-bond donors (Lipinski definition) is 1. The van der Waals surface area contributed by atoms with Gasteiger partial charge in [-0.15, -0.1) is 23.2 Å². The van der Waals surface area contributed by atoms with Gasteiger partial charge in [0, 0.05) is 17.7 Å². The van der Waals surface area contributed by atoms with Gasteiger partial charge in [0.1, 0.15) is 0 Å². The molecule has 0 spiro atoms. The predicted octanol–water partition coefficient (Wildman–Crippen LogP) is 2.92. The second-order valence-electron chi connectivity index (χ2n) is 4.65. The Morgan fingerprint density at radius 2 is 1.80 bits per heavy atom. The molecule has 0 heterocycles. The number of halogens is 2. The van der Waals surface area contributed by atoms with Gasteiger partial charge in [0.2, 0.25) is 5.91 Å². The molecular formula is C11H19Cl2NO. The van der Waals surface area contributed by atoms with Crippen LogP contribution in [0.25, 0.3) is 0 Å². The highest BCUT2D eigenvalue weighted by Gasteiger charge is 2.28. The van der Waals surface area contributed by atoms with Gasteiger partial charge in [0.15, 0.2) is 0 Å². The molecule has 1 N–H and O–H groups in total. The van der Waals surface area contributed by atoms with E-state index in [-0.39, 0.29) is 11.8 Å². The van der Waals surface area contributed by atoms with Gasteiger partial charge in [-0.05, 0) is 19.8 Å². The second-order valence-corrected chi connectivity index (χ2v) is 5.19. The number of alkyl halides is 2. The highest BCUT2D eigenvalue weighted by Crippen LogP contribution is 2.24. The fourth-order valence-electron chi connectivity index (χ4n) is 1.87. The summed E-state index contributed by atoms with van der Waals surface area (Å²) < 4.78 is 0. The summed E-state index contributed by atoms with van der Waals surface area (Å²) in [4.78, 5) is 11.9. The van der Waals surface area contributed by atoms with Crippen LogP contribution in [0.3, 0.4) is 0 Å². The summed E-state index contributed by atoms with van der Waals surface area (Å²) in [6.45, 7) is 1.88. The quantitative estimate of drug-likeness (QED) is 0.766. The van der Waals surface area contributed by atoms with E-state index in [4.69, 9.17) is 23.2 Å². The van der Waals surface area contributed by atoms with Crippen molar-refractivity contribution >= 4 is 29.1 Å². The minimum Gasteiger partial charge on any atom is -0.348 e. The van der Waals surface area contributed by atoms with Crippen LogP contribution in [0.15, 0.2) is 0 Å². The van der Waals surface area contributed by atoms with E-state index >= 15 is 0 Å². The molecule has 0 saturated heterocycles. The van der Waals surface area contributed by atoms with E-state index in [9.17, 15) is 4.79 Å². The largest absolute Gasteiger partial charge is 0.348 e. The van der Waals surface area contributed by atoms with Crippen molar-refractivity contribution in [3.63, 3.8) is 0 Å². The molecule has 0 unspecified atom stereocenters. The van der Waals surface area contributed by atoms with Crippen LogP contribution in [0.2, 0.25) is 0 Å². The maximum absolute atomic E-state index is 11.9. The van der Waals surface area contributed by atoms with E-state index in [1.165, 1.54) is 6.42 Å². The topological polar surface area (TPSA) is 29.1 Å². The molecule has 0 aromatic heterocycles. The van der Waals surface area contributed by atoms with Crippen LogP contribution in [0.5, 0.6) is 0 Å². The molecule has 2 nitrogen and oxygen atoms in total. The van der Waals surface area contributed by atoms with Gasteiger partial charge in [-0.1, -0.05) is 19.3 Å². The number of nitrogens with one attached hydrogen (secondary N) is 1. The first kappa shape index (κ1) is 13.1. The smallest absolute Gasteiger partial charge is 0.223 e. The van der Waals surface area contributed by atoms with Crippen molar-refractivity contribution in [2.24, 2.45) is 5.92 Å². The molecule has 0 aromatic rings. The van der Waals surface area contributed by atoms with E-state index in [1.807, 2.05) is 6.92 Å². The molecule has 0 atom stereocenters. The van der Waals surface area contributed by atoms with Crippen LogP contribution in [-0.4, -0.2) is 23.2 Å². The fraction of sp³-hybridized carbons (Fsp3) is 0.909. The second kappa shape index (κ2) is 5.95. The van der Waals surface area contributed by atoms with Crippen molar-refractivity contribution in [2.45, 2.75) is 44.6 Å². The molecule has 1 saturated carbocycles. The zero-order valence-electron chi connectivity index (χ0n) is 9.19. The van der Waals surface area contributed by atoms with Gasteiger partial charge in [-0.3, -0.25) is 4.79 Å². The van der Waals surface area contributed by atoms with Gasteiger partial charge < -0.3 is 5.32 Å². The summed E-state index contributed by atoms with van der Waals surface area (Å²) in [5.41, 5.74) is -0.461. The number of hydrogen-bond acceptors (Lipinski definition) is 1. The minimum atomic E-state index is -0.461. The maximum atomic E-state index is 11.9. The van der Waals surface area contributed by atoms with Gasteiger partial charge in [-0.25, -0.2) is 0 Å². The Morgan fingerprint density at radius 1 is 1.27 bits per heavy atom. The highest BCUT2D eigenvalue weighted by molar-refractivity contribution is 6.22. The molecule has 0 aromatic carbocycles. The van der Waals surface area contributed by atoms with Gasteiger partial charge >= 0.3 is 0 Å². The average Bonchev–Trinajstić information content (AvgIpc) is 2.30. The standard InChI is InChI=1S/C11H19Cl2NO/c1-11(7-12,8-13)14-10(15)9-5-3-2-4-6-9/h9H,2-8H2,1H3,(H,14,15). The molecule has 0 aliphatic heterocycles. The molecule has 1 amide bonds. The SMILES string of the molecule is CC(CCl)(CCl)NC(=O)C1CCCCC1. The Hall–Kier alpha value is 0.0500. The van der Waals surface area contributed by atoms with Crippen LogP contribution in [-0.2, 0) is 4.79 Å². The van der Waals surface area contributed by atoms with Gasteiger partial charge in [-0.2, -0.15) is 0 Å². The lowest BCUT2D eigenvalue weighted by atomic mass is 9.88. The lowest BCUT2D eigenvalue weighted by Gasteiger charge is -2.29. The van der Waals surface area contributed by atoms with Crippen LogP contribution in [0.4, 0.5) is 0 Å². The van der Waals surface area contributed by atoms with E-state index in [0.717, 1.165) is 25.7 Å². The molecule has 1 fully saturated rings. The number of carbonyl (C=O) groups is 1. The van der Waals surface area contributed by atoms with Crippen LogP contribution >= 0.6 is 23.2 Å². The summed E-state index contributed by atoms with van der Waals surface area (Å²) in [6.07, 6.45) is 5.60. The lowest BCUT2D eigenvalue weighted by molar-refractivity contribution is -0.127. The Balaban J connectivity index is 2.46. The summed E-state index contributed by atoms with van der Waals surface area (Å²) in [6, 6.07) is 0. The third-order valence-corrected chi connectivity index (χ3v) is 4.17. The third-order valence-electron chi connectivity index (χ3n) is 2.99. The molecular weight excluding hydrogens is 233 g/mol. The van der Waals surface area contributed by atoms with Crippen LogP contribution in [0.1, 0.15) is 39.0 Å². The van der Waals surface area contributed by atoms with E-state index in [1.54, 1.807) is 0 Å². The minimum absolute atomic E-state index is 0.124. The van der Waals surface area contributed by atoms with Crippen molar-refractivity contribution in [3.05, 3.63) is 0 Å². The summed E-state index contributed by atoms with van der Waals surface area (Å²) in [5.74, 6) is 1.01. The Bertz CT molecular complexity index is 211. The molecule has 1 rings (SSSR count). The Labute approximate surface area is 102 Å². The first-order valence-electron chi connectivity index (χ1n) is 5.55. The Kier molecular flexibility index (Phi) is 5.20. The molecule has 4 heteroatoms. The monoisotopic (exact) mass is 251 g/mol. The zero-order chi connectivity index (χ0) is 11.3. The normalized spacial score (nSPS) is 18.9. The predicted molar refractivity (Wildman–Crippen MR) is 64.6 cm³/mol. The molecule has 88 valence electrons. The van der Waals surface area contributed by atoms with Crippen molar-refractivity contribution in [2.75, 3.05) is 11.8 Å². The summed E-state index contributed by atoms with van der Waals surface area (Å²) in [5, 5.41) is 2.96. The first-order chi connectivity index (χ1) is 7.11. The highest BCUT2D eigenvalue weighted by atomic mass is 35.5. The van der Waals surface area contributed by atoms with Crippen LogP contribution in [0, 0.1) is 5.92 Å². The number of rotatable bonds is 4. The summed E-state index contributed by atoms with van der Waals surface area (Å²) >= 11 is 11.6. The van der Waals surface area contributed by atoms with Crippen molar-refractivity contribution < 1.29 is 4.79 Å². The van der Waals surface area contributed by atoms with E-state index in [2.05, 4.69) is 5.32 Å². The Morgan fingerprint density at radius 3 is 2.27 bits per heavy atom. The first-order valence-corrected chi connectivity index (χ1v) is 6.62. The number of carbonyl (C=O) groups excluding carboxylic acids is 1. The maximum Gasteiger partial charge on any atom is 0.223 e. The number of amides is 1. The van der Waals surface area contributed by atoms with Gasteiger partial charge in [0.25, 0.3) is 0 Å². The van der Waals surface area contributed by atoms with E-state index in [0.29, 0.717) is 11.8 Å². The lowest BCUT2D eigenvalue weighted by Crippen LogP contribution is -2.51. The molecule has 0 bridgehead atoms. The summed E-state index contributed by atoms with van der Waals surface area (Å²) in [7, 11) is 0. The molecule has 15 heavy (non-hydrogen) atoms. The molecule has 1 aliphatic rings. The molecule has 0 radical (unpaired) electrons. The van der Waals surface area contributed by atoms with E-state index < -0.39 is 5.54 Å². The molecule has 1 aliphatic carbocycles. The fourth-order valence-corrected chi connectivity index (χ4v) is 2.29. The average molecular weight is 252 g/mol. The van der Waals surface area contributed by atoms with Gasteiger partial charge in [0.05, 0.1) is 5.54 Å².